The number of carbonyl (C=O) groups is 1. The molecule has 1 N–H and O–H groups in total. The molecule has 1 amide bonds. The van der Waals surface area contributed by atoms with E-state index >= 15 is 0 Å². The molecular weight excluding hydrogens is 300 g/mol. The lowest BCUT2D eigenvalue weighted by molar-refractivity contribution is -0.133. The second kappa shape index (κ2) is 8.29. The Labute approximate surface area is 134 Å². The average molecular weight is 330 g/mol. The van der Waals surface area contributed by atoms with Crippen molar-refractivity contribution in [3.63, 3.8) is 0 Å². The Morgan fingerprint density at radius 1 is 1.23 bits per heavy atom. The molecule has 0 aromatic heterocycles. The molecule has 0 aromatic rings. The Kier molecular flexibility index (Phi) is 6.68. The van der Waals surface area contributed by atoms with E-state index < -0.39 is 9.84 Å². The minimum Gasteiger partial charge on any atom is -0.339 e. The molecule has 0 spiro atoms. The molecule has 0 aromatic carbocycles. The molecule has 2 aliphatic heterocycles. The standard InChI is InChI=1S/C16H30N2O3S/c1-2-3-11-18(15-8-12-22(20,21)13-15)16(19)5-4-14-6-9-17-10-7-14/h14-15,17H,2-13H2,1H3. The van der Waals surface area contributed by atoms with E-state index in [2.05, 4.69) is 12.2 Å². The van der Waals surface area contributed by atoms with Crippen molar-refractivity contribution in [3.8, 4) is 0 Å². The first-order chi connectivity index (χ1) is 10.5. The molecular formula is C16H30N2O3S. The highest BCUT2D eigenvalue weighted by Gasteiger charge is 2.34. The van der Waals surface area contributed by atoms with Gasteiger partial charge in [0, 0.05) is 19.0 Å². The maximum atomic E-state index is 12.6. The summed E-state index contributed by atoms with van der Waals surface area (Å²) in [7, 11) is -2.94. The monoisotopic (exact) mass is 330 g/mol. The topological polar surface area (TPSA) is 66.5 Å². The molecule has 0 bridgehead atoms. The number of rotatable bonds is 7. The Hall–Kier alpha value is -0.620. The predicted molar refractivity (Wildman–Crippen MR) is 88.5 cm³/mol. The number of piperidine rings is 1. The number of unbranched alkanes of at least 4 members (excludes halogenated alkanes) is 1. The first-order valence-corrected chi connectivity index (χ1v) is 10.5. The molecule has 128 valence electrons. The smallest absolute Gasteiger partial charge is 0.222 e. The molecule has 2 fully saturated rings. The molecule has 0 radical (unpaired) electrons. The molecule has 6 heteroatoms. The van der Waals surface area contributed by atoms with Gasteiger partial charge in [-0.1, -0.05) is 13.3 Å². The van der Waals surface area contributed by atoms with Crippen LogP contribution < -0.4 is 5.32 Å². The largest absolute Gasteiger partial charge is 0.339 e. The Bertz CT molecular complexity index is 458. The van der Waals surface area contributed by atoms with Crippen LogP contribution in [0.5, 0.6) is 0 Å². The molecule has 22 heavy (non-hydrogen) atoms. The molecule has 2 aliphatic rings. The van der Waals surface area contributed by atoms with Gasteiger partial charge in [-0.25, -0.2) is 8.42 Å². The van der Waals surface area contributed by atoms with E-state index in [4.69, 9.17) is 0 Å². The second-order valence-corrected chi connectivity index (χ2v) is 8.96. The summed E-state index contributed by atoms with van der Waals surface area (Å²) in [5.74, 6) is 1.21. The number of hydrogen-bond donors (Lipinski definition) is 1. The Morgan fingerprint density at radius 2 is 1.95 bits per heavy atom. The summed E-state index contributed by atoms with van der Waals surface area (Å²) in [6.07, 6.45) is 6.42. The molecule has 2 rings (SSSR count). The number of carbonyl (C=O) groups excluding carboxylic acids is 1. The van der Waals surface area contributed by atoms with E-state index in [-0.39, 0.29) is 23.5 Å². The van der Waals surface area contributed by atoms with Gasteiger partial charge in [0.15, 0.2) is 9.84 Å². The van der Waals surface area contributed by atoms with Crippen molar-refractivity contribution < 1.29 is 13.2 Å². The third-order valence-electron chi connectivity index (χ3n) is 4.95. The quantitative estimate of drug-likeness (QED) is 0.770. The van der Waals surface area contributed by atoms with E-state index in [0.717, 1.165) is 45.2 Å². The summed E-state index contributed by atoms with van der Waals surface area (Å²) < 4.78 is 23.4. The molecule has 1 unspecified atom stereocenters. The van der Waals surface area contributed by atoms with Gasteiger partial charge in [-0.15, -0.1) is 0 Å². The summed E-state index contributed by atoms with van der Waals surface area (Å²) in [6.45, 7) is 4.92. The highest BCUT2D eigenvalue weighted by atomic mass is 32.2. The minimum absolute atomic E-state index is 0.0860. The van der Waals surface area contributed by atoms with Crippen LogP contribution in [-0.2, 0) is 14.6 Å². The summed E-state index contributed by atoms with van der Waals surface area (Å²) in [6, 6.07) is -0.0860. The van der Waals surface area contributed by atoms with Gasteiger partial charge in [0.1, 0.15) is 0 Å². The van der Waals surface area contributed by atoms with Crippen LogP contribution >= 0.6 is 0 Å². The third kappa shape index (κ3) is 5.23. The molecule has 2 heterocycles. The van der Waals surface area contributed by atoms with Crippen molar-refractivity contribution in [1.82, 2.24) is 10.2 Å². The van der Waals surface area contributed by atoms with Gasteiger partial charge in [0.25, 0.3) is 0 Å². The molecule has 1 atom stereocenters. The summed E-state index contributed by atoms with van der Waals surface area (Å²) in [5, 5.41) is 3.34. The summed E-state index contributed by atoms with van der Waals surface area (Å²) >= 11 is 0. The van der Waals surface area contributed by atoms with E-state index in [1.165, 1.54) is 0 Å². The lowest BCUT2D eigenvalue weighted by Crippen LogP contribution is -2.42. The van der Waals surface area contributed by atoms with Crippen LogP contribution in [0.15, 0.2) is 0 Å². The van der Waals surface area contributed by atoms with E-state index in [1.807, 2.05) is 4.90 Å². The average Bonchev–Trinajstić information content (AvgIpc) is 2.86. The third-order valence-corrected chi connectivity index (χ3v) is 6.70. The normalized spacial score (nSPS) is 25.2. The van der Waals surface area contributed by atoms with Crippen LogP contribution in [0.2, 0.25) is 0 Å². The van der Waals surface area contributed by atoms with Crippen LogP contribution in [0, 0.1) is 5.92 Å². The molecule has 2 saturated heterocycles. The maximum Gasteiger partial charge on any atom is 0.222 e. The number of nitrogens with one attached hydrogen (secondary N) is 1. The van der Waals surface area contributed by atoms with Gasteiger partial charge in [-0.3, -0.25) is 4.79 Å². The summed E-state index contributed by atoms with van der Waals surface area (Å²) in [5.41, 5.74) is 0. The van der Waals surface area contributed by atoms with Crippen LogP contribution in [0.3, 0.4) is 0 Å². The molecule has 5 nitrogen and oxygen atoms in total. The number of sulfone groups is 1. The lowest BCUT2D eigenvalue weighted by atomic mass is 9.93. The molecule has 0 saturated carbocycles. The zero-order valence-electron chi connectivity index (χ0n) is 13.7. The van der Waals surface area contributed by atoms with Crippen molar-refractivity contribution in [1.29, 1.82) is 0 Å². The minimum atomic E-state index is -2.94. The highest BCUT2D eigenvalue weighted by Crippen LogP contribution is 2.22. The van der Waals surface area contributed by atoms with E-state index in [0.29, 0.717) is 25.3 Å². The van der Waals surface area contributed by atoms with Crippen molar-refractivity contribution in [2.75, 3.05) is 31.1 Å². The zero-order chi connectivity index (χ0) is 16.0. The van der Waals surface area contributed by atoms with Gasteiger partial charge < -0.3 is 10.2 Å². The fraction of sp³-hybridized carbons (Fsp3) is 0.938. The van der Waals surface area contributed by atoms with Crippen molar-refractivity contribution in [3.05, 3.63) is 0 Å². The summed E-state index contributed by atoms with van der Waals surface area (Å²) in [4.78, 5) is 14.5. The van der Waals surface area contributed by atoms with E-state index in [9.17, 15) is 13.2 Å². The lowest BCUT2D eigenvalue weighted by Gasteiger charge is -2.29. The maximum absolute atomic E-state index is 12.6. The Balaban J connectivity index is 1.88. The van der Waals surface area contributed by atoms with E-state index in [1.54, 1.807) is 0 Å². The number of nitrogens with zero attached hydrogens (tertiary/aromatic N) is 1. The van der Waals surface area contributed by atoms with Gasteiger partial charge in [-0.05, 0) is 51.1 Å². The number of hydrogen-bond acceptors (Lipinski definition) is 4. The second-order valence-electron chi connectivity index (χ2n) is 6.73. The fourth-order valence-electron chi connectivity index (χ4n) is 3.50. The first kappa shape index (κ1) is 17.7. The fourth-order valence-corrected chi connectivity index (χ4v) is 5.23. The van der Waals surface area contributed by atoms with Crippen molar-refractivity contribution >= 4 is 15.7 Å². The van der Waals surface area contributed by atoms with Gasteiger partial charge in [0.05, 0.1) is 11.5 Å². The van der Waals surface area contributed by atoms with Crippen LogP contribution in [-0.4, -0.2) is 56.4 Å². The first-order valence-electron chi connectivity index (χ1n) is 8.72. The van der Waals surface area contributed by atoms with Crippen LogP contribution in [0.25, 0.3) is 0 Å². The van der Waals surface area contributed by atoms with Crippen molar-refractivity contribution in [2.24, 2.45) is 5.92 Å². The SMILES string of the molecule is CCCCN(C(=O)CCC1CCNCC1)C1CCS(=O)(=O)C1. The predicted octanol–water partition coefficient (Wildman–Crippen LogP) is 1.58. The van der Waals surface area contributed by atoms with Crippen molar-refractivity contribution in [2.45, 2.75) is 57.9 Å². The van der Waals surface area contributed by atoms with Crippen LogP contribution in [0.4, 0.5) is 0 Å². The van der Waals surface area contributed by atoms with Gasteiger partial charge >= 0.3 is 0 Å². The van der Waals surface area contributed by atoms with Gasteiger partial charge in [-0.2, -0.15) is 0 Å². The molecule has 0 aliphatic carbocycles. The zero-order valence-corrected chi connectivity index (χ0v) is 14.5. The Morgan fingerprint density at radius 3 is 2.55 bits per heavy atom. The number of amides is 1. The highest BCUT2D eigenvalue weighted by molar-refractivity contribution is 7.91. The van der Waals surface area contributed by atoms with Gasteiger partial charge in [0.2, 0.25) is 5.91 Å². The van der Waals surface area contributed by atoms with Crippen LogP contribution in [0.1, 0.15) is 51.9 Å².